The van der Waals surface area contributed by atoms with E-state index in [1.165, 1.54) is 0 Å². The quantitative estimate of drug-likeness (QED) is 0.852. The van der Waals surface area contributed by atoms with Gasteiger partial charge in [-0.2, -0.15) is 0 Å². The van der Waals surface area contributed by atoms with Gasteiger partial charge in [0.25, 0.3) is 0 Å². The van der Waals surface area contributed by atoms with E-state index in [2.05, 4.69) is 15.2 Å². The van der Waals surface area contributed by atoms with Gasteiger partial charge in [0, 0.05) is 31.5 Å². The minimum atomic E-state index is -0.0579. The molecule has 104 valence electrons. The summed E-state index contributed by atoms with van der Waals surface area (Å²) in [5, 5.41) is 2.91. The van der Waals surface area contributed by atoms with Gasteiger partial charge in [-0.05, 0) is 31.4 Å². The number of nitrogen functional groups attached to an aromatic ring is 1. The number of pyridine rings is 1. The molecule has 1 amide bonds. The molecule has 2 heterocycles. The topological polar surface area (TPSA) is 71.2 Å². The molecule has 19 heavy (non-hydrogen) atoms. The Morgan fingerprint density at radius 2 is 2.26 bits per heavy atom. The van der Waals surface area contributed by atoms with Crippen LogP contribution in [0.3, 0.4) is 0 Å². The summed E-state index contributed by atoms with van der Waals surface area (Å²) in [5.74, 6) is 0.117. The number of nitrogens with zero attached hydrogens (tertiary/aromatic N) is 2. The molecule has 0 aliphatic carbocycles. The number of piperazine rings is 1. The molecule has 5 heteroatoms. The van der Waals surface area contributed by atoms with Crippen molar-refractivity contribution >= 4 is 11.6 Å². The van der Waals surface area contributed by atoms with Crippen LogP contribution in [0.5, 0.6) is 0 Å². The molecule has 0 radical (unpaired) electrons. The maximum absolute atomic E-state index is 11.8. The molecule has 1 aliphatic heterocycles. The van der Waals surface area contributed by atoms with Gasteiger partial charge < -0.3 is 11.1 Å². The van der Waals surface area contributed by atoms with Crippen molar-refractivity contribution in [3.8, 4) is 0 Å². The number of hydrogen-bond acceptors (Lipinski definition) is 4. The number of carbonyl (C=O) groups excluding carboxylic acids is 1. The van der Waals surface area contributed by atoms with E-state index in [9.17, 15) is 4.79 Å². The lowest BCUT2D eigenvalue weighted by Gasteiger charge is -2.34. The SMILES string of the molecule is CCC1C(=O)NCCN1Cc1ncc(C)c(N)c1C. The van der Waals surface area contributed by atoms with Crippen LogP contribution in [0.1, 0.15) is 30.2 Å². The molecule has 1 aromatic heterocycles. The maximum Gasteiger partial charge on any atom is 0.237 e. The highest BCUT2D eigenvalue weighted by Gasteiger charge is 2.28. The van der Waals surface area contributed by atoms with Gasteiger partial charge in [-0.25, -0.2) is 0 Å². The Morgan fingerprint density at radius 1 is 1.53 bits per heavy atom. The van der Waals surface area contributed by atoms with Crippen molar-refractivity contribution in [2.75, 3.05) is 18.8 Å². The summed E-state index contributed by atoms with van der Waals surface area (Å²) in [7, 11) is 0. The monoisotopic (exact) mass is 262 g/mol. The second-order valence-corrected chi connectivity index (χ2v) is 5.11. The first-order chi connectivity index (χ1) is 9.04. The highest BCUT2D eigenvalue weighted by molar-refractivity contribution is 5.82. The second kappa shape index (κ2) is 5.57. The van der Waals surface area contributed by atoms with E-state index in [0.717, 1.165) is 35.5 Å². The number of anilines is 1. The molecule has 3 N–H and O–H groups in total. The first kappa shape index (κ1) is 13.8. The standard InChI is InChI=1S/C14H22N4O/c1-4-12-14(19)16-5-6-18(12)8-11-10(3)13(15)9(2)7-17-11/h7,12H,4-6,8H2,1-3H3,(H2,15,17)(H,16,19). The summed E-state index contributed by atoms with van der Waals surface area (Å²) in [6.07, 6.45) is 2.62. The molecule has 0 spiro atoms. The number of carbonyl (C=O) groups is 1. The van der Waals surface area contributed by atoms with Gasteiger partial charge in [0.15, 0.2) is 0 Å². The van der Waals surface area contributed by atoms with Gasteiger partial charge in [0.05, 0.1) is 11.7 Å². The summed E-state index contributed by atoms with van der Waals surface area (Å²) in [5.41, 5.74) is 9.85. The Morgan fingerprint density at radius 3 is 2.95 bits per heavy atom. The van der Waals surface area contributed by atoms with Crippen LogP contribution in [0.25, 0.3) is 0 Å². The smallest absolute Gasteiger partial charge is 0.237 e. The van der Waals surface area contributed by atoms with Gasteiger partial charge in [0.2, 0.25) is 5.91 Å². The Hall–Kier alpha value is -1.62. The number of aromatic nitrogens is 1. The molecule has 0 aromatic carbocycles. The third-order valence-electron chi connectivity index (χ3n) is 3.86. The Balaban J connectivity index is 2.20. The molecular weight excluding hydrogens is 240 g/mol. The number of amides is 1. The minimum Gasteiger partial charge on any atom is -0.398 e. The van der Waals surface area contributed by atoms with Crippen molar-refractivity contribution in [1.82, 2.24) is 15.2 Å². The van der Waals surface area contributed by atoms with E-state index < -0.39 is 0 Å². The van der Waals surface area contributed by atoms with Gasteiger partial charge >= 0.3 is 0 Å². The Bertz CT molecular complexity index is 487. The number of aryl methyl sites for hydroxylation is 1. The van der Waals surface area contributed by atoms with E-state index in [0.29, 0.717) is 13.1 Å². The second-order valence-electron chi connectivity index (χ2n) is 5.11. The van der Waals surface area contributed by atoms with Crippen molar-refractivity contribution in [1.29, 1.82) is 0 Å². The fraction of sp³-hybridized carbons (Fsp3) is 0.571. The van der Waals surface area contributed by atoms with E-state index in [-0.39, 0.29) is 11.9 Å². The third kappa shape index (κ3) is 2.71. The Labute approximate surface area is 114 Å². The normalized spacial score (nSPS) is 20.4. The van der Waals surface area contributed by atoms with Crippen molar-refractivity contribution in [2.24, 2.45) is 0 Å². The highest BCUT2D eigenvalue weighted by atomic mass is 16.2. The molecule has 5 nitrogen and oxygen atoms in total. The van der Waals surface area contributed by atoms with Crippen molar-refractivity contribution in [3.05, 3.63) is 23.0 Å². The summed E-state index contributed by atoms with van der Waals surface area (Å²) in [6, 6.07) is -0.0579. The molecule has 1 fully saturated rings. The van der Waals surface area contributed by atoms with E-state index >= 15 is 0 Å². The van der Waals surface area contributed by atoms with Gasteiger partial charge in [-0.3, -0.25) is 14.7 Å². The summed E-state index contributed by atoms with van der Waals surface area (Å²) < 4.78 is 0. The average Bonchev–Trinajstić information content (AvgIpc) is 2.40. The van der Waals surface area contributed by atoms with E-state index in [1.807, 2.05) is 27.0 Å². The summed E-state index contributed by atoms with van der Waals surface area (Å²) in [6.45, 7) is 8.24. The van der Waals surface area contributed by atoms with Gasteiger partial charge in [-0.1, -0.05) is 6.92 Å². The fourth-order valence-electron chi connectivity index (χ4n) is 2.54. The molecule has 1 atom stereocenters. The van der Waals surface area contributed by atoms with Crippen molar-refractivity contribution in [3.63, 3.8) is 0 Å². The van der Waals surface area contributed by atoms with Crippen LogP contribution < -0.4 is 11.1 Å². The van der Waals surface area contributed by atoms with Crippen LogP contribution in [-0.2, 0) is 11.3 Å². The lowest BCUT2D eigenvalue weighted by molar-refractivity contribution is -0.129. The third-order valence-corrected chi connectivity index (χ3v) is 3.86. The Kier molecular flexibility index (Phi) is 4.04. The molecule has 2 rings (SSSR count). The predicted octanol–water partition coefficient (Wildman–Crippen LogP) is 0.991. The molecule has 0 saturated carbocycles. The van der Waals surface area contributed by atoms with Crippen molar-refractivity contribution in [2.45, 2.75) is 39.8 Å². The highest BCUT2D eigenvalue weighted by Crippen LogP contribution is 2.21. The van der Waals surface area contributed by atoms with Gasteiger partial charge in [0.1, 0.15) is 0 Å². The average molecular weight is 262 g/mol. The summed E-state index contributed by atoms with van der Waals surface area (Å²) >= 11 is 0. The molecule has 1 saturated heterocycles. The minimum absolute atomic E-state index is 0.0579. The molecule has 1 unspecified atom stereocenters. The zero-order chi connectivity index (χ0) is 14.0. The number of nitrogens with two attached hydrogens (primary N) is 1. The first-order valence-electron chi connectivity index (χ1n) is 6.77. The van der Waals surface area contributed by atoms with Gasteiger partial charge in [-0.15, -0.1) is 0 Å². The van der Waals surface area contributed by atoms with Crippen molar-refractivity contribution < 1.29 is 4.79 Å². The largest absolute Gasteiger partial charge is 0.398 e. The number of rotatable bonds is 3. The van der Waals surface area contributed by atoms with Crippen LogP contribution in [0.2, 0.25) is 0 Å². The lowest BCUT2D eigenvalue weighted by Crippen LogP contribution is -2.54. The van der Waals surface area contributed by atoms with E-state index in [4.69, 9.17) is 5.73 Å². The van der Waals surface area contributed by atoms with Crippen LogP contribution >= 0.6 is 0 Å². The number of hydrogen-bond donors (Lipinski definition) is 2. The van der Waals surface area contributed by atoms with Crippen LogP contribution in [0.4, 0.5) is 5.69 Å². The molecule has 0 bridgehead atoms. The number of nitrogens with one attached hydrogen (secondary N) is 1. The van der Waals surface area contributed by atoms with Crippen LogP contribution in [0.15, 0.2) is 6.20 Å². The maximum atomic E-state index is 11.8. The molecule has 1 aliphatic rings. The zero-order valence-corrected chi connectivity index (χ0v) is 11.9. The molecular formula is C14H22N4O. The first-order valence-corrected chi connectivity index (χ1v) is 6.77. The zero-order valence-electron chi connectivity index (χ0n) is 11.9. The summed E-state index contributed by atoms with van der Waals surface area (Å²) in [4.78, 5) is 18.5. The van der Waals surface area contributed by atoms with Crippen LogP contribution in [-0.4, -0.2) is 34.9 Å². The van der Waals surface area contributed by atoms with Crippen LogP contribution in [0, 0.1) is 13.8 Å². The molecule has 1 aromatic rings. The lowest BCUT2D eigenvalue weighted by atomic mass is 10.1. The predicted molar refractivity (Wildman–Crippen MR) is 75.6 cm³/mol. The van der Waals surface area contributed by atoms with E-state index in [1.54, 1.807) is 0 Å². The fourth-order valence-corrected chi connectivity index (χ4v) is 2.54.